The number of hydrogen-bond donors (Lipinski definition) is 0. The van der Waals surface area contributed by atoms with E-state index in [1.54, 1.807) is 50.5 Å². The van der Waals surface area contributed by atoms with E-state index in [-0.39, 0.29) is 11.9 Å². The molecule has 0 spiro atoms. The summed E-state index contributed by atoms with van der Waals surface area (Å²) in [6.07, 6.45) is 14.4. The highest BCUT2D eigenvalue weighted by Gasteiger charge is 2.23. The minimum atomic E-state index is -0.0661. The van der Waals surface area contributed by atoms with Crippen LogP contribution in [0.15, 0.2) is 18.2 Å². The topological polar surface area (TPSA) is 48.0 Å². The lowest BCUT2D eigenvalue weighted by atomic mass is 9.94. The number of hydrogen-bond acceptors (Lipinski definition) is 4. The Labute approximate surface area is 155 Å². The fourth-order valence-corrected chi connectivity index (χ4v) is 3.34. The molecule has 0 radical (unpaired) electrons. The highest BCUT2D eigenvalue weighted by Crippen LogP contribution is 2.38. The minimum absolute atomic E-state index is 0.0661. The van der Waals surface area contributed by atoms with Crippen LogP contribution in [0.2, 0.25) is 0 Å². The summed E-state index contributed by atoms with van der Waals surface area (Å²) in [4.78, 5) is 14.5. The normalized spacial score (nSPS) is 14.7. The van der Waals surface area contributed by atoms with E-state index in [0.717, 1.165) is 31.2 Å². The average Bonchev–Trinajstić information content (AvgIpc) is 2.69. The molecule has 26 heavy (non-hydrogen) atoms. The van der Waals surface area contributed by atoms with Crippen molar-refractivity contribution < 1.29 is 19.0 Å². The molecule has 0 aromatic heterocycles. The molecule has 0 heterocycles. The highest BCUT2D eigenvalue weighted by atomic mass is 16.5. The zero-order chi connectivity index (χ0) is 18.9. The summed E-state index contributed by atoms with van der Waals surface area (Å²) in [7, 11) is 4.68. The molecule has 5 heteroatoms. The van der Waals surface area contributed by atoms with Gasteiger partial charge < -0.3 is 19.1 Å². The number of nitrogens with zero attached hydrogens (tertiary/aromatic N) is 1. The largest absolute Gasteiger partial charge is 0.493 e. The highest BCUT2D eigenvalue weighted by molar-refractivity contribution is 5.92. The number of terminal acetylenes is 1. The van der Waals surface area contributed by atoms with Crippen LogP contribution in [0.25, 0.3) is 6.08 Å². The van der Waals surface area contributed by atoms with Gasteiger partial charge in [0.1, 0.15) is 0 Å². The van der Waals surface area contributed by atoms with Crippen LogP contribution in [-0.2, 0) is 4.79 Å². The number of amides is 1. The molecular formula is C21H27NO4. The molecule has 0 unspecified atom stereocenters. The lowest BCUT2D eigenvalue weighted by molar-refractivity contribution is -0.128. The quantitative estimate of drug-likeness (QED) is 0.553. The molecule has 0 atom stereocenters. The number of ether oxygens (including phenoxy) is 3. The monoisotopic (exact) mass is 357 g/mol. The zero-order valence-corrected chi connectivity index (χ0v) is 15.8. The zero-order valence-electron chi connectivity index (χ0n) is 15.8. The van der Waals surface area contributed by atoms with Gasteiger partial charge in [-0.1, -0.05) is 25.2 Å². The van der Waals surface area contributed by atoms with E-state index < -0.39 is 0 Å². The third kappa shape index (κ3) is 4.72. The smallest absolute Gasteiger partial charge is 0.247 e. The lowest BCUT2D eigenvalue weighted by Crippen LogP contribution is -2.40. The van der Waals surface area contributed by atoms with E-state index in [0.29, 0.717) is 23.8 Å². The Morgan fingerprint density at radius 2 is 1.77 bits per heavy atom. The molecule has 1 aromatic carbocycles. The Morgan fingerprint density at radius 1 is 1.15 bits per heavy atom. The van der Waals surface area contributed by atoms with E-state index >= 15 is 0 Å². The van der Waals surface area contributed by atoms with Crippen molar-refractivity contribution in [2.24, 2.45) is 0 Å². The molecule has 140 valence electrons. The maximum Gasteiger partial charge on any atom is 0.247 e. The van der Waals surface area contributed by atoms with Crippen molar-refractivity contribution in [2.75, 3.05) is 27.9 Å². The number of carbonyl (C=O) groups is 1. The van der Waals surface area contributed by atoms with Crippen LogP contribution in [0.4, 0.5) is 0 Å². The van der Waals surface area contributed by atoms with Crippen molar-refractivity contribution in [3.63, 3.8) is 0 Å². The summed E-state index contributed by atoms with van der Waals surface area (Å²) in [5.41, 5.74) is 0.789. The van der Waals surface area contributed by atoms with E-state index in [9.17, 15) is 4.79 Å². The number of methoxy groups -OCH3 is 3. The van der Waals surface area contributed by atoms with Crippen LogP contribution in [-0.4, -0.2) is 44.7 Å². The van der Waals surface area contributed by atoms with Gasteiger partial charge in [-0.25, -0.2) is 0 Å². The molecular weight excluding hydrogens is 330 g/mol. The molecule has 0 aliphatic heterocycles. The van der Waals surface area contributed by atoms with Crippen molar-refractivity contribution in [3.05, 3.63) is 23.8 Å². The summed E-state index contributed by atoms with van der Waals surface area (Å²) in [5.74, 6) is 4.16. The Balaban J connectivity index is 2.21. The molecule has 1 aliphatic rings. The van der Waals surface area contributed by atoms with Gasteiger partial charge in [-0.3, -0.25) is 4.79 Å². The summed E-state index contributed by atoms with van der Waals surface area (Å²) >= 11 is 0. The Hall–Kier alpha value is -2.61. The molecule has 0 bridgehead atoms. The predicted molar refractivity (Wildman–Crippen MR) is 103 cm³/mol. The van der Waals surface area contributed by atoms with Gasteiger partial charge in [0.05, 0.1) is 27.9 Å². The van der Waals surface area contributed by atoms with Gasteiger partial charge >= 0.3 is 0 Å². The van der Waals surface area contributed by atoms with Crippen LogP contribution in [0.5, 0.6) is 17.2 Å². The Morgan fingerprint density at radius 3 is 2.27 bits per heavy atom. The number of carbonyl (C=O) groups excluding carboxylic acids is 1. The summed E-state index contributed by atoms with van der Waals surface area (Å²) in [6, 6.07) is 3.84. The van der Waals surface area contributed by atoms with Crippen LogP contribution in [0, 0.1) is 12.3 Å². The van der Waals surface area contributed by atoms with Gasteiger partial charge in [0.2, 0.25) is 11.7 Å². The van der Waals surface area contributed by atoms with Crippen LogP contribution in [0.3, 0.4) is 0 Å². The SMILES string of the molecule is C#CCN(C(=O)/C=C/c1cc(OC)c(OC)c(OC)c1)C1CCCCC1. The van der Waals surface area contributed by atoms with E-state index in [1.807, 2.05) is 0 Å². The fraction of sp³-hybridized carbons (Fsp3) is 0.476. The summed E-state index contributed by atoms with van der Waals surface area (Å²) < 4.78 is 16.0. The fourth-order valence-electron chi connectivity index (χ4n) is 3.34. The molecule has 0 N–H and O–H groups in total. The first-order chi connectivity index (χ1) is 12.6. The Bertz CT molecular complexity index is 659. The van der Waals surface area contributed by atoms with Gasteiger partial charge in [0.15, 0.2) is 11.5 Å². The van der Waals surface area contributed by atoms with Crippen molar-refractivity contribution in [3.8, 4) is 29.6 Å². The minimum Gasteiger partial charge on any atom is -0.493 e. The third-order valence-electron chi connectivity index (χ3n) is 4.67. The van der Waals surface area contributed by atoms with Crippen molar-refractivity contribution in [1.82, 2.24) is 4.90 Å². The van der Waals surface area contributed by atoms with Crippen LogP contribution >= 0.6 is 0 Å². The maximum absolute atomic E-state index is 12.7. The molecule has 2 rings (SSSR count). The van der Waals surface area contributed by atoms with Crippen molar-refractivity contribution in [2.45, 2.75) is 38.1 Å². The van der Waals surface area contributed by atoms with Gasteiger partial charge in [-0.05, 0) is 36.6 Å². The Kier molecular flexibility index (Phi) is 7.40. The van der Waals surface area contributed by atoms with Gasteiger partial charge in [-0.2, -0.15) is 0 Å². The second kappa shape index (κ2) is 9.76. The molecule has 5 nitrogen and oxygen atoms in total. The van der Waals surface area contributed by atoms with Gasteiger partial charge in [0.25, 0.3) is 0 Å². The van der Waals surface area contributed by atoms with Gasteiger partial charge in [-0.15, -0.1) is 6.42 Å². The second-order valence-electron chi connectivity index (χ2n) is 6.25. The second-order valence-corrected chi connectivity index (χ2v) is 6.25. The summed E-state index contributed by atoms with van der Waals surface area (Å²) in [5, 5.41) is 0. The molecule has 1 fully saturated rings. The number of rotatable bonds is 7. The third-order valence-corrected chi connectivity index (χ3v) is 4.67. The maximum atomic E-state index is 12.7. The molecule has 1 saturated carbocycles. The average molecular weight is 357 g/mol. The molecule has 0 saturated heterocycles. The van der Waals surface area contributed by atoms with Crippen molar-refractivity contribution >= 4 is 12.0 Å². The predicted octanol–water partition coefficient (Wildman–Crippen LogP) is 3.52. The molecule has 1 amide bonds. The van der Waals surface area contributed by atoms with Gasteiger partial charge in [0, 0.05) is 12.1 Å². The number of benzene rings is 1. The standard InChI is InChI=1S/C21H27NO4/c1-5-13-22(17-9-7-6-8-10-17)20(23)12-11-16-14-18(24-2)21(26-4)19(15-16)25-3/h1,11-12,14-15,17H,6-10,13H2,2-4H3/b12-11+. The molecule has 1 aromatic rings. The first-order valence-corrected chi connectivity index (χ1v) is 8.86. The van der Waals surface area contributed by atoms with E-state index in [1.165, 1.54) is 6.42 Å². The first kappa shape index (κ1) is 19.7. The first-order valence-electron chi connectivity index (χ1n) is 8.86. The van der Waals surface area contributed by atoms with E-state index in [2.05, 4.69) is 5.92 Å². The van der Waals surface area contributed by atoms with Crippen LogP contribution < -0.4 is 14.2 Å². The van der Waals surface area contributed by atoms with Crippen molar-refractivity contribution in [1.29, 1.82) is 0 Å². The van der Waals surface area contributed by atoms with E-state index in [4.69, 9.17) is 20.6 Å². The van der Waals surface area contributed by atoms with Crippen LogP contribution in [0.1, 0.15) is 37.7 Å². The molecule has 1 aliphatic carbocycles. The summed E-state index contributed by atoms with van der Waals surface area (Å²) in [6.45, 7) is 0.336. The lowest BCUT2D eigenvalue weighted by Gasteiger charge is -2.32.